The van der Waals surface area contributed by atoms with E-state index in [2.05, 4.69) is 20.0 Å². The van der Waals surface area contributed by atoms with Crippen LogP contribution in [0.1, 0.15) is 13.8 Å². The van der Waals surface area contributed by atoms with Crippen LogP contribution in [0.2, 0.25) is 0 Å². The molecule has 1 rings (SSSR count). The quantitative estimate of drug-likeness (QED) is 0.601. The van der Waals surface area contributed by atoms with E-state index in [-0.39, 0.29) is 41.7 Å². The van der Waals surface area contributed by atoms with Crippen LogP contribution in [0, 0.1) is 0 Å². The Bertz CT molecular complexity index is 551. The molecule has 0 saturated carbocycles. The van der Waals surface area contributed by atoms with Crippen LogP contribution in [-0.4, -0.2) is 50.9 Å². The van der Waals surface area contributed by atoms with E-state index in [9.17, 15) is 8.42 Å². The maximum Gasteiger partial charge on any atom is 0.245 e. The Morgan fingerprint density at radius 2 is 1.71 bits per heavy atom. The summed E-state index contributed by atoms with van der Waals surface area (Å²) < 4.78 is 35.8. The molecule has 10 heteroatoms. The lowest BCUT2D eigenvalue weighted by molar-refractivity contribution is 0.377. The van der Waals surface area contributed by atoms with E-state index in [1.165, 1.54) is 14.2 Å². The van der Waals surface area contributed by atoms with Gasteiger partial charge < -0.3 is 20.5 Å². The first kappa shape index (κ1) is 17.2. The van der Waals surface area contributed by atoms with Gasteiger partial charge in [-0.2, -0.15) is 9.97 Å². The molecule has 0 unspecified atom stereocenters. The van der Waals surface area contributed by atoms with Gasteiger partial charge in [-0.15, -0.1) is 0 Å². The molecule has 0 aliphatic heterocycles. The number of rotatable bonds is 8. The second-order valence-electron chi connectivity index (χ2n) is 4.50. The molecule has 1 aromatic heterocycles. The van der Waals surface area contributed by atoms with E-state index in [4.69, 9.17) is 15.2 Å². The third-order valence-corrected chi connectivity index (χ3v) is 3.90. The van der Waals surface area contributed by atoms with Crippen molar-refractivity contribution in [3.63, 3.8) is 0 Å². The summed E-state index contributed by atoms with van der Waals surface area (Å²) in [5, 5.41) is 2.79. The van der Waals surface area contributed by atoms with Crippen LogP contribution in [-0.2, 0) is 10.0 Å². The lowest BCUT2D eigenvalue weighted by Crippen LogP contribution is -2.34. The monoisotopic (exact) mass is 319 g/mol. The number of ether oxygens (including phenoxy) is 2. The molecule has 0 aliphatic carbocycles. The minimum absolute atomic E-state index is 0.108. The summed E-state index contributed by atoms with van der Waals surface area (Å²) >= 11 is 0. The van der Waals surface area contributed by atoms with Crippen molar-refractivity contribution in [1.82, 2.24) is 14.7 Å². The lowest BCUT2D eigenvalue weighted by Gasteiger charge is -2.12. The van der Waals surface area contributed by atoms with Crippen LogP contribution in [0.15, 0.2) is 0 Å². The first-order valence-electron chi connectivity index (χ1n) is 6.28. The van der Waals surface area contributed by atoms with E-state index in [0.717, 1.165) is 0 Å². The van der Waals surface area contributed by atoms with Gasteiger partial charge in [-0.3, -0.25) is 0 Å². The van der Waals surface area contributed by atoms with E-state index in [1.54, 1.807) is 13.8 Å². The van der Waals surface area contributed by atoms with Crippen LogP contribution in [0.5, 0.6) is 11.8 Å². The van der Waals surface area contributed by atoms with E-state index < -0.39 is 10.0 Å². The molecule has 1 aromatic rings. The number of nitrogen functional groups attached to an aromatic ring is 1. The molecule has 0 bridgehead atoms. The Labute approximate surface area is 124 Å². The average molecular weight is 319 g/mol. The Balaban J connectivity index is 2.72. The highest BCUT2D eigenvalue weighted by atomic mass is 32.2. The second-order valence-corrected chi connectivity index (χ2v) is 6.37. The van der Waals surface area contributed by atoms with E-state index in [1.807, 2.05) is 0 Å². The molecule has 4 N–H and O–H groups in total. The van der Waals surface area contributed by atoms with Crippen molar-refractivity contribution in [3.05, 3.63) is 0 Å². The predicted molar refractivity (Wildman–Crippen MR) is 80.1 cm³/mol. The minimum atomic E-state index is -3.35. The fraction of sp³-hybridized carbons (Fsp3) is 0.636. The standard InChI is InChI=1S/C11H21N5O4S/c1-7(2)16-21(17,18)6-5-13-11-14-9(19-3)8(12)10(15-11)20-4/h7,16H,5-6,12H2,1-4H3,(H,13,14,15). The number of aromatic nitrogens is 2. The van der Waals surface area contributed by atoms with Crippen molar-refractivity contribution >= 4 is 21.7 Å². The molecule has 9 nitrogen and oxygen atoms in total. The molecule has 0 fully saturated rings. The zero-order chi connectivity index (χ0) is 16.0. The third-order valence-electron chi connectivity index (χ3n) is 2.33. The molecule has 21 heavy (non-hydrogen) atoms. The zero-order valence-electron chi connectivity index (χ0n) is 12.5. The van der Waals surface area contributed by atoms with Gasteiger partial charge in [0.05, 0.1) is 20.0 Å². The number of sulfonamides is 1. The van der Waals surface area contributed by atoms with Gasteiger partial charge in [0, 0.05) is 12.6 Å². The fourth-order valence-electron chi connectivity index (χ4n) is 1.53. The van der Waals surface area contributed by atoms with Crippen molar-refractivity contribution in [2.45, 2.75) is 19.9 Å². The van der Waals surface area contributed by atoms with Crippen molar-refractivity contribution < 1.29 is 17.9 Å². The van der Waals surface area contributed by atoms with Crippen molar-refractivity contribution in [3.8, 4) is 11.8 Å². The SMILES string of the molecule is COc1nc(NCCS(=O)(=O)NC(C)C)nc(OC)c1N. The molecule has 0 saturated heterocycles. The lowest BCUT2D eigenvalue weighted by atomic mass is 10.4. The van der Waals surface area contributed by atoms with Gasteiger partial charge in [0.2, 0.25) is 27.7 Å². The number of nitrogens with zero attached hydrogens (tertiary/aromatic N) is 2. The van der Waals surface area contributed by atoms with Gasteiger partial charge in [0.1, 0.15) is 0 Å². The number of nitrogens with one attached hydrogen (secondary N) is 2. The van der Waals surface area contributed by atoms with Gasteiger partial charge in [-0.25, -0.2) is 13.1 Å². The molecule has 0 amide bonds. The molecule has 0 atom stereocenters. The highest BCUT2D eigenvalue weighted by Crippen LogP contribution is 2.28. The minimum Gasteiger partial charge on any atom is -0.479 e. The zero-order valence-corrected chi connectivity index (χ0v) is 13.3. The molecular weight excluding hydrogens is 298 g/mol. The molecule has 1 heterocycles. The van der Waals surface area contributed by atoms with Crippen LogP contribution < -0.4 is 25.2 Å². The molecule has 0 aromatic carbocycles. The maximum absolute atomic E-state index is 11.7. The van der Waals surface area contributed by atoms with Gasteiger partial charge in [-0.05, 0) is 13.8 Å². The highest BCUT2D eigenvalue weighted by Gasteiger charge is 2.14. The van der Waals surface area contributed by atoms with E-state index >= 15 is 0 Å². The van der Waals surface area contributed by atoms with Crippen LogP contribution in [0.4, 0.5) is 11.6 Å². The van der Waals surface area contributed by atoms with E-state index in [0.29, 0.717) is 0 Å². The molecule has 120 valence electrons. The first-order chi connectivity index (χ1) is 9.79. The van der Waals surface area contributed by atoms with Crippen LogP contribution in [0.25, 0.3) is 0 Å². The fourth-order valence-corrected chi connectivity index (χ4v) is 2.74. The van der Waals surface area contributed by atoms with Crippen LogP contribution in [0.3, 0.4) is 0 Å². The third kappa shape index (κ3) is 5.23. The normalized spacial score (nSPS) is 11.5. The summed E-state index contributed by atoms with van der Waals surface area (Å²) in [6.45, 7) is 3.64. The molecule has 0 spiro atoms. The Morgan fingerprint density at radius 1 is 1.19 bits per heavy atom. The molecular formula is C11H21N5O4S. The number of methoxy groups -OCH3 is 2. The summed E-state index contributed by atoms with van der Waals surface area (Å²) in [7, 11) is -0.515. The summed E-state index contributed by atoms with van der Waals surface area (Å²) in [6, 6.07) is -0.150. The Kier molecular flexibility index (Phi) is 5.97. The van der Waals surface area contributed by atoms with Crippen molar-refractivity contribution in [2.24, 2.45) is 0 Å². The van der Waals surface area contributed by atoms with Gasteiger partial charge in [-0.1, -0.05) is 0 Å². The second kappa shape index (κ2) is 7.27. The maximum atomic E-state index is 11.7. The molecule has 0 aliphatic rings. The van der Waals surface area contributed by atoms with Gasteiger partial charge in [0.15, 0.2) is 5.69 Å². The largest absolute Gasteiger partial charge is 0.479 e. The van der Waals surface area contributed by atoms with Gasteiger partial charge >= 0.3 is 0 Å². The average Bonchev–Trinajstić information content (AvgIpc) is 2.38. The summed E-state index contributed by atoms with van der Waals surface area (Å²) in [6.07, 6.45) is 0. The number of anilines is 2. The van der Waals surface area contributed by atoms with Crippen LogP contribution >= 0.6 is 0 Å². The van der Waals surface area contributed by atoms with Crippen molar-refractivity contribution in [1.29, 1.82) is 0 Å². The Morgan fingerprint density at radius 3 is 2.14 bits per heavy atom. The summed E-state index contributed by atoms with van der Waals surface area (Å²) in [4.78, 5) is 8.03. The number of hydrogen-bond donors (Lipinski definition) is 3. The summed E-state index contributed by atoms with van der Waals surface area (Å²) in [5.41, 5.74) is 5.90. The van der Waals surface area contributed by atoms with Crippen molar-refractivity contribution in [2.75, 3.05) is 37.6 Å². The smallest absolute Gasteiger partial charge is 0.245 e. The topological polar surface area (TPSA) is 128 Å². The number of hydrogen-bond acceptors (Lipinski definition) is 8. The van der Waals surface area contributed by atoms with Gasteiger partial charge in [0.25, 0.3) is 0 Å². The first-order valence-corrected chi connectivity index (χ1v) is 7.93. The predicted octanol–water partition coefficient (Wildman–Crippen LogP) is -0.184. The molecule has 0 radical (unpaired) electrons. The highest BCUT2D eigenvalue weighted by molar-refractivity contribution is 7.89. The number of nitrogens with two attached hydrogens (primary N) is 1. The Hall–Kier alpha value is -1.81. The summed E-state index contributed by atoms with van der Waals surface area (Å²) in [5.74, 6) is 0.390.